The maximum absolute atomic E-state index is 13.5. The van der Waals surface area contributed by atoms with Gasteiger partial charge in [-0.15, -0.1) is 0 Å². The first-order valence-electron chi connectivity index (χ1n) is 6.82. The summed E-state index contributed by atoms with van der Waals surface area (Å²) in [6, 6.07) is 4.71. The average Bonchev–Trinajstić information content (AvgIpc) is 2.39. The molecule has 1 aliphatic heterocycles. The number of methoxy groups -OCH3 is 1. The standard InChI is InChI=1S/C15H21FN2O2/c1-10-6-12(16)8-13(7-10)18-15(14(19)20-3)4-5-17-9-11(15)2/h6-8,11,17-18H,4-5,9H2,1-3H3. The molecule has 0 spiro atoms. The lowest BCUT2D eigenvalue weighted by Gasteiger charge is -2.41. The summed E-state index contributed by atoms with van der Waals surface area (Å²) in [5, 5.41) is 6.48. The number of aryl methyl sites for hydroxylation is 1. The lowest BCUT2D eigenvalue weighted by atomic mass is 9.79. The van der Waals surface area contributed by atoms with Crippen LogP contribution in [0.25, 0.3) is 0 Å². The molecule has 2 N–H and O–H groups in total. The summed E-state index contributed by atoms with van der Waals surface area (Å²) in [6.45, 7) is 5.25. The SMILES string of the molecule is COC(=O)C1(Nc2cc(C)cc(F)c2)CCNCC1C. The Hall–Kier alpha value is -1.62. The summed E-state index contributed by atoms with van der Waals surface area (Å²) in [4.78, 5) is 12.3. The molecule has 0 radical (unpaired) electrons. The quantitative estimate of drug-likeness (QED) is 0.832. The van der Waals surface area contributed by atoms with Crippen molar-refractivity contribution in [1.82, 2.24) is 5.32 Å². The van der Waals surface area contributed by atoms with Crippen LogP contribution >= 0.6 is 0 Å². The maximum atomic E-state index is 13.5. The summed E-state index contributed by atoms with van der Waals surface area (Å²) in [5.74, 6) is -0.560. The second kappa shape index (κ2) is 5.79. The molecule has 1 aromatic carbocycles. The van der Waals surface area contributed by atoms with Crippen LogP contribution in [0.2, 0.25) is 0 Å². The Bertz CT molecular complexity index is 486. The van der Waals surface area contributed by atoms with Crippen molar-refractivity contribution in [1.29, 1.82) is 0 Å². The number of halogens is 1. The molecule has 20 heavy (non-hydrogen) atoms. The van der Waals surface area contributed by atoms with Gasteiger partial charge >= 0.3 is 5.97 Å². The Morgan fingerprint density at radius 3 is 2.85 bits per heavy atom. The molecule has 1 aromatic rings. The molecule has 2 unspecified atom stereocenters. The van der Waals surface area contributed by atoms with Crippen molar-refractivity contribution in [3.63, 3.8) is 0 Å². The summed E-state index contributed by atoms with van der Waals surface area (Å²) in [7, 11) is 1.39. The van der Waals surface area contributed by atoms with Crippen molar-refractivity contribution in [3.8, 4) is 0 Å². The number of anilines is 1. The zero-order valence-electron chi connectivity index (χ0n) is 12.1. The Labute approximate surface area is 118 Å². The number of nitrogens with one attached hydrogen (secondary N) is 2. The first-order chi connectivity index (χ1) is 9.48. The molecule has 4 nitrogen and oxygen atoms in total. The van der Waals surface area contributed by atoms with Gasteiger partial charge in [-0.3, -0.25) is 0 Å². The highest BCUT2D eigenvalue weighted by atomic mass is 19.1. The molecule has 110 valence electrons. The van der Waals surface area contributed by atoms with Gasteiger partial charge in [-0.05, 0) is 43.7 Å². The van der Waals surface area contributed by atoms with Crippen LogP contribution in [-0.4, -0.2) is 31.7 Å². The molecule has 0 bridgehead atoms. The van der Waals surface area contributed by atoms with Gasteiger partial charge in [-0.25, -0.2) is 9.18 Å². The van der Waals surface area contributed by atoms with E-state index in [9.17, 15) is 9.18 Å². The first kappa shape index (κ1) is 14.8. The van der Waals surface area contributed by atoms with Crippen molar-refractivity contribution < 1.29 is 13.9 Å². The van der Waals surface area contributed by atoms with Gasteiger partial charge in [-0.2, -0.15) is 0 Å². The van der Waals surface area contributed by atoms with Crippen molar-refractivity contribution in [2.24, 2.45) is 5.92 Å². The third-order valence-electron chi connectivity index (χ3n) is 3.95. The third kappa shape index (κ3) is 2.77. The number of esters is 1. The van der Waals surface area contributed by atoms with Crippen LogP contribution in [0.5, 0.6) is 0 Å². The summed E-state index contributed by atoms with van der Waals surface area (Å²) >= 11 is 0. The summed E-state index contributed by atoms with van der Waals surface area (Å²) in [5.41, 5.74) is 0.621. The second-order valence-corrected chi connectivity index (χ2v) is 5.46. The maximum Gasteiger partial charge on any atom is 0.331 e. The van der Waals surface area contributed by atoms with Crippen molar-refractivity contribution in [3.05, 3.63) is 29.6 Å². The molecule has 2 atom stereocenters. The van der Waals surface area contributed by atoms with Gasteiger partial charge in [0, 0.05) is 18.2 Å². The smallest absolute Gasteiger partial charge is 0.331 e. The lowest BCUT2D eigenvalue weighted by molar-refractivity contribution is -0.148. The summed E-state index contributed by atoms with van der Waals surface area (Å²) < 4.78 is 18.5. The fourth-order valence-electron chi connectivity index (χ4n) is 2.81. The minimum atomic E-state index is -0.805. The Morgan fingerprint density at radius 1 is 1.50 bits per heavy atom. The molecule has 0 amide bonds. The minimum absolute atomic E-state index is 0.0484. The fraction of sp³-hybridized carbons (Fsp3) is 0.533. The van der Waals surface area contributed by atoms with E-state index in [4.69, 9.17) is 4.74 Å². The number of hydrogen-bond acceptors (Lipinski definition) is 4. The molecule has 5 heteroatoms. The van der Waals surface area contributed by atoms with Gasteiger partial charge in [0.15, 0.2) is 0 Å². The van der Waals surface area contributed by atoms with E-state index in [1.807, 2.05) is 19.9 Å². The molecule has 1 saturated heterocycles. The third-order valence-corrected chi connectivity index (χ3v) is 3.95. The Morgan fingerprint density at radius 2 is 2.25 bits per heavy atom. The van der Waals surface area contributed by atoms with E-state index in [0.717, 1.165) is 18.7 Å². The highest BCUT2D eigenvalue weighted by Gasteiger charge is 2.46. The first-order valence-corrected chi connectivity index (χ1v) is 6.82. The van der Waals surface area contributed by atoms with Gasteiger partial charge < -0.3 is 15.4 Å². The number of carbonyl (C=O) groups is 1. The monoisotopic (exact) mass is 280 g/mol. The molecule has 0 aliphatic carbocycles. The van der Waals surface area contributed by atoms with Crippen molar-refractivity contribution in [2.45, 2.75) is 25.8 Å². The van der Waals surface area contributed by atoms with E-state index >= 15 is 0 Å². The number of carbonyl (C=O) groups excluding carboxylic acids is 1. The number of hydrogen-bond donors (Lipinski definition) is 2. The lowest BCUT2D eigenvalue weighted by Crippen LogP contribution is -2.59. The highest BCUT2D eigenvalue weighted by molar-refractivity contribution is 5.85. The van der Waals surface area contributed by atoms with E-state index in [1.54, 1.807) is 0 Å². The molecular formula is C15H21FN2O2. The van der Waals surface area contributed by atoms with Crippen LogP contribution in [0.3, 0.4) is 0 Å². The van der Waals surface area contributed by atoms with Gasteiger partial charge in [0.2, 0.25) is 0 Å². The van der Waals surface area contributed by atoms with E-state index in [0.29, 0.717) is 12.1 Å². The number of ether oxygens (including phenoxy) is 1. The van der Waals surface area contributed by atoms with E-state index in [2.05, 4.69) is 10.6 Å². The van der Waals surface area contributed by atoms with Crippen LogP contribution in [0.1, 0.15) is 18.9 Å². The van der Waals surface area contributed by atoms with E-state index in [1.165, 1.54) is 19.2 Å². The van der Waals surface area contributed by atoms with Crippen LogP contribution in [0, 0.1) is 18.7 Å². The molecule has 0 aromatic heterocycles. The van der Waals surface area contributed by atoms with E-state index < -0.39 is 5.54 Å². The zero-order valence-corrected chi connectivity index (χ0v) is 12.1. The van der Waals surface area contributed by atoms with E-state index in [-0.39, 0.29) is 17.7 Å². The van der Waals surface area contributed by atoms with Gasteiger partial charge in [0.05, 0.1) is 7.11 Å². The van der Waals surface area contributed by atoms with Crippen LogP contribution in [-0.2, 0) is 9.53 Å². The number of piperidine rings is 1. The van der Waals surface area contributed by atoms with Crippen LogP contribution in [0.4, 0.5) is 10.1 Å². The largest absolute Gasteiger partial charge is 0.467 e. The Balaban J connectivity index is 2.34. The average molecular weight is 280 g/mol. The normalized spacial score (nSPS) is 26.1. The minimum Gasteiger partial charge on any atom is -0.467 e. The predicted octanol–water partition coefficient (Wildman–Crippen LogP) is 2.09. The fourth-order valence-corrected chi connectivity index (χ4v) is 2.81. The van der Waals surface area contributed by atoms with Gasteiger partial charge in [-0.1, -0.05) is 6.92 Å². The predicted molar refractivity (Wildman–Crippen MR) is 76.2 cm³/mol. The van der Waals surface area contributed by atoms with Gasteiger partial charge in [0.1, 0.15) is 11.4 Å². The van der Waals surface area contributed by atoms with Crippen molar-refractivity contribution >= 4 is 11.7 Å². The van der Waals surface area contributed by atoms with Gasteiger partial charge in [0.25, 0.3) is 0 Å². The molecular weight excluding hydrogens is 259 g/mol. The molecule has 2 rings (SSSR count). The second-order valence-electron chi connectivity index (χ2n) is 5.46. The summed E-state index contributed by atoms with van der Waals surface area (Å²) in [6.07, 6.45) is 0.608. The molecule has 0 saturated carbocycles. The zero-order chi connectivity index (χ0) is 14.8. The number of benzene rings is 1. The topological polar surface area (TPSA) is 50.4 Å². The number of rotatable bonds is 3. The molecule has 1 heterocycles. The molecule has 1 aliphatic rings. The Kier molecular flexibility index (Phi) is 4.28. The van der Waals surface area contributed by atoms with Crippen molar-refractivity contribution in [2.75, 3.05) is 25.5 Å². The van der Waals surface area contributed by atoms with Crippen LogP contribution in [0.15, 0.2) is 18.2 Å². The van der Waals surface area contributed by atoms with Crippen LogP contribution < -0.4 is 10.6 Å². The highest BCUT2D eigenvalue weighted by Crippen LogP contribution is 2.31. The molecule has 1 fully saturated rings.